The second kappa shape index (κ2) is 5.85. The summed E-state index contributed by atoms with van der Waals surface area (Å²) < 4.78 is 0. The summed E-state index contributed by atoms with van der Waals surface area (Å²) >= 11 is 0. The van der Waals surface area contributed by atoms with E-state index in [1.807, 2.05) is 30.5 Å². The number of H-pyrrole nitrogens is 1. The van der Waals surface area contributed by atoms with Crippen LogP contribution in [0.5, 0.6) is 0 Å². The molecule has 0 fully saturated rings. The molecule has 2 heterocycles. The highest BCUT2D eigenvalue weighted by Gasteiger charge is 2.21. The van der Waals surface area contributed by atoms with E-state index in [0.29, 0.717) is 24.9 Å². The van der Waals surface area contributed by atoms with Crippen LogP contribution in [-0.2, 0) is 17.8 Å². The molecule has 0 spiro atoms. The molecule has 0 saturated carbocycles. The summed E-state index contributed by atoms with van der Waals surface area (Å²) in [7, 11) is 0. The van der Waals surface area contributed by atoms with Gasteiger partial charge in [0.2, 0.25) is 5.91 Å². The summed E-state index contributed by atoms with van der Waals surface area (Å²) in [6.07, 6.45) is 3.02. The van der Waals surface area contributed by atoms with Gasteiger partial charge in [0.15, 0.2) is 0 Å². The lowest BCUT2D eigenvalue weighted by Crippen LogP contribution is -2.14. The number of nitrogens with one attached hydrogen (secondary N) is 3. The van der Waals surface area contributed by atoms with Crippen molar-refractivity contribution in [2.75, 3.05) is 5.32 Å². The molecule has 2 aromatic carbocycles. The number of anilines is 1. The number of aromatic amines is 1. The number of rotatable bonds is 4. The molecule has 24 heavy (non-hydrogen) atoms. The molecule has 0 bridgehead atoms. The van der Waals surface area contributed by atoms with E-state index < -0.39 is 0 Å². The fraction of sp³-hybridized carbons (Fsp3) is 0.158. The number of hydrogen-bond donors (Lipinski definition) is 3. The largest absolute Gasteiger partial charge is 0.361 e. The van der Waals surface area contributed by atoms with Crippen LogP contribution in [-0.4, -0.2) is 16.8 Å². The normalized spacial score (nSPS) is 12.9. The number of aryl methyl sites for hydroxylation is 1. The summed E-state index contributed by atoms with van der Waals surface area (Å²) in [4.78, 5) is 27.2. The Morgan fingerprint density at radius 1 is 1.12 bits per heavy atom. The first-order chi connectivity index (χ1) is 11.7. The summed E-state index contributed by atoms with van der Waals surface area (Å²) in [5.41, 5.74) is 4.44. The Hall–Kier alpha value is -3.08. The van der Waals surface area contributed by atoms with Crippen molar-refractivity contribution in [3.63, 3.8) is 0 Å². The second-order valence-corrected chi connectivity index (χ2v) is 5.92. The molecule has 2 amide bonds. The van der Waals surface area contributed by atoms with Crippen molar-refractivity contribution < 1.29 is 9.59 Å². The van der Waals surface area contributed by atoms with Gasteiger partial charge in [-0.1, -0.05) is 24.3 Å². The number of fused-ring (bicyclic) bond motifs is 2. The predicted octanol–water partition coefficient (Wildman–Crippen LogP) is 2.98. The highest BCUT2D eigenvalue weighted by Crippen LogP contribution is 2.24. The molecular formula is C19H17N3O2. The SMILES string of the molecule is O=C(CCc1c[nH]c2ccccc12)Nc1cccc2c1CNC2=O. The molecule has 1 aromatic heterocycles. The fourth-order valence-electron chi connectivity index (χ4n) is 3.17. The minimum atomic E-state index is -0.0834. The number of para-hydroxylation sites is 1. The Balaban J connectivity index is 1.45. The fourth-order valence-corrected chi connectivity index (χ4v) is 3.17. The highest BCUT2D eigenvalue weighted by atomic mass is 16.2. The van der Waals surface area contributed by atoms with E-state index in [1.54, 1.807) is 12.1 Å². The number of aromatic nitrogens is 1. The van der Waals surface area contributed by atoms with Crippen molar-refractivity contribution >= 4 is 28.4 Å². The first-order valence-corrected chi connectivity index (χ1v) is 7.97. The topological polar surface area (TPSA) is 74.0 Å². The number of hydrogen-bond acceptors (Lipinski definition) is 2. The molecule has 1 aliphatic heterocycles. The van der Waals surface area contributed by atoms with Gasteiger partial charge in [-0.2, -0.15) is 0 Å². The van der Waals surface area contributed by atoms with Gasteiger partial charge in [-0.05, 0) is 30.2 Å². The van der Waals surface area contributed by atoms with Crippen LogP contribution in [0.4, 0.5) is 5.69 Å². The van der Waals surface area contributed by atoms with E-state index >= 15 is 0 Å². The lowest BCUT2D eigenvalue weighted by molar-refractivity contribution is -0.116. The Kier molecular flexibility index (Phi) is 3.54. The third kappa shape index (κ3) is 2.54. The van der Waals surface area contributed by atoms with E-state index in [0.717, 1.165) is 27.7 Å². The summed E-state index contributed by atoms with van der Waals surface area (Å²) in [6.45, 7) is 0.465. The van der Waals surface area contributed by atoms with Gasteiger partial charge in [-0.25, -0.2) is 0 Å². The van der Waals surface area contributed by atoms with Crippen LogP contribution in [0.3, 0.4) is 0 Å². The van der Waals surface area contributed by atoms with Gasteiger partial charge in [0.1, 0.15) is 0 Å². The molecule has 120 valence electrons. The molecule has 5 heteroatoms. The van der Waals surface area contributed by atoms with E-state index in [4.69, 9.17) is 0 Å². The van der Waals surface area contributed by atoms with Crippen molar-refractivity contribution in [3.8, 4) is 0 Å². The van der Waals surface area contributed by atoms with Crippen molar-refractivity contribution in [1.82, 2.24) is 10.3 Å². The molecule has 0 aliphatic carbocycles. The van der Waals surface area contributed by atoms with Crippen LogP contribution in [0.1, 0.15) is 27.9 Å². The maximum atomic E-state index is 12.3. The molecule has 3 aromatic rings. The highest BCUT2D eigenvalue weighted by molar-refractivity contribution is 6.02. The zero-order valence-electron chi connectivity index (χ0n) is 13.1. The van der Waals surface area contributed by atoms with Crippen LogP contribution in [0.15, 0.2) is 48.7 Å². The Morgan fingerprint density at radius 3 is 2.92 bits per heavy atom. The lowest BCUT2D eigenvalue weighted by atomic mass is 10.1. The standard InChI is InChI=1S/C19H17N3O2/c23-18(9-8-12-10-20-16-6-2-1-4-13(12)16)22-17-7-3-5-14-15(17)11-21-19(14)24/h1-7,10,20H,8-9,11H2,(H,21,24)(H,22,23). The van der Waals surface area contributed by atoms with Gasteiger partial charge >= 0.3 is 0 Å². The third-order valence-electron chi connectivity index (χ3n) is 4.42. The predicted molar refractivity (Wildman–Crippen MR) is 92.9 cm³/mol. The molecule has 0 unspecified atom stereocenters. The smallest absolute Gasteiger partial charge is 0.251 e. The Bertz CT molecular complexity index is 943. The molecule has 4 rings (SSSR count). The van der Waals surface area contributed by atoms with Gasteiger partial charge < -0.3 is 15.6 Å². The van der Waals surface area contributed by atoms with Crippen LogP contribution in [0, 0.1) is 0 Å². The molecular weight excluding hydrogens is 302 g/mol. The van der Waals surface area contributed by atoms with Gasteiger partial charge in [-0.3, -0.25) is 9.59 Å². The summed E-state index contributed by atoms with van der Waals surface area (Å²) in [5, 5.41) is 6.86. The number of carbonyl (C=O) groups is 2. The molecule has 0 saturated heterocycles. The minimum Gasteiger partial charge on any atom is -0.361 e. The monoisotopic (exact) mass is 319 g/mol. The maximum Gasteiger partial charge on any atom is 0.251 e. The van der Waals surface area contributed by atoms with Crippen molar-refractivity contribution in [2.24, 2.45) is 0 Å². The maximum absolute atomic E-state index is 12.3. The van der Waals surface area contributed by atoms with Crippen LogP contribution in [0.25, 0.3) is 10.9 Å². The van der Waals surface area contributed by atoms with Crippen LogP contribution >= 0.6 is 0 Å². The quantitative estimate of drug-likeness (QED) is 0.691. The van der Waals surface area contributed by atoms with Gasteiger partial charge in [0.05, 0.1) is 0 Å². The summed E-state index contributed by atoms with van der Waals surface area (Å²) in [5.74, 6) is -0.132. The van der Waals surface area contributed by atoms with E-state index in [-0.39, 0.29) is 11.8 Å². The van der Waals surface area contributed by atoms with Crippen LogP contribution < -0.4 is 10.6 Å². The molecule has 0 atom stereocenters. The lowest BCUT2D eigenvalue weighted by Gasteiger charge is -2.09. The van der Waals surface area contributed by atoms with Gasteiger partial charge in [0, 0.05) is 46.9 Å². The van der Waals surface area contributed by atoms with E-state index in [2.05, 4.69) is 21.7 Å². The number of carbonyl (C=O) groups excluding carboxylic acids is 2. The first-order valence-electron chi connectivity index (χ1n) is 7.97. The average molecular weight is 319 g/mol. The van der Waals surface area contributed by atoms with Crippen molar-refractivity contribution in [3.05, 3.63) is 65.4 Å². The summed E-state index contributed by atoms with van der Waals surface area (Å²) in [6, 6.07) is 13.5. The minimum absolute atomic E-state index is 0.0481. The molecule has 3 N–H and O–H groups in total. The average Bonchev–Trinajstić information content (AvgIpc) is 3.18. The van der Waals surface area contributed by atoms with E-state index in [1.165, 1.54) is 0 Å². The Morgan fingerprint density at radius 2 is 2.00 bits per heavy atom. The van der Waals surface area contributed by atoms with Gasteiger partial charge in [-0.15, -0.1) is 0 Å². The zero-order valence-corrected chi connectivity index (χ0v) is 13.1. The van der Waals surface area contributed by atoms with Crippen molar-refractivity contribution in [2.45, 2.75) is 19.4 Å². The second-order valence-electron chi connectivity index (χ2n) is 5.92. The number of benzene rings is 2. The van der Waals surface area contributed by atoms with E-state index in [9.17, 15) is 9.59 Å². The Labute approximate surface area is 139 Å². The third-order valence-corrected chi connectivity index (χ3v) is 4.42. The molecule has 5 nitrogen and oxygen atoms in total. The number of amides is 2. The van der Waals surface area contributed by atoms with Gasteiger partial charge in [0.25, 0.3) is 5.91 Å². The zero-order chi connectivity index (χ0) is 16.5. The molecule has 0 radical (unpaired) electrons. The molecule has 1 aliphatic rings. The van der Waals surface area contributed by atoms with Crippen LogP contribution in [0.2, 0.25) is 0 Å². The first kappa shape index (κ1) is 14.5. The van der Waals surface area contributed by atoms with Crippen molar-refractivity contribution in [1.29, 1.82) is 0 Å².